The maximum absolute atomic E-state index is 12.3. The number of allylic oxidation sites excluding steroid dienone is 1. The van der Waals surface area contributed by atoms with Gasteiger partial charge in [0.1, 0.15) is 0 Å². The molecule has 22 heavy (non-hydrogen) atoms. The van der Waals surface area contributed by atoms with Gasteiger partial charge in [0.2, 0.25) is 6.79 Å². The fourth-order valence-electron chi connectivity index (χ4n) is 2.53. The minimum atomic E-state index is 0.0452. The largest absolute Gasteiger partial charge is 0.454 e. The van der Waals surface area contributed by atoms with Crippen molar-refractivity contribution in [2.24, 2.45) is 0 Å². The summed E-state index contributed by atoms with van der Waals surface area (Å²) in [6.07, 6.45) is 1.72. The number of benzene rings is 1. The molecular formula is C16H13NO3S2. The van der Waals surface area contributed by atoms with Crippen molar-refractivity contribution >= 4 is 34.6 Å². The lowest BCUT2D eigenvalue weighted by molar-refractivity contribution is 0.105. The van der Waals surface area contributed by atoms with E-state index in [-0.39, 0.29) is 12.6 Å². The first-order valence-electron chi connectivity index (χ1n) is 6.95. The van der Waals surface area contributed by atoms with E-state index < -0.39 is 0 Å². The summed E-state index contributed by atoms with van der Waals surface area (Å²) in [6.45, 7) is 3.14. The Kier molecular flexibility index (Phi) is 3.35. The van der Waals surface area contributed by atoms with Crippen molar-refractivity contribution in [1.29, 1.82) is 0 Å². The number of carbonyl (C=O) groups is 1. The van der Waals surface area contributed by atoms with Crippen molar-refractivity contribution in [2.75, 3.05) is 18.2 Å². The van der Waals surface area contributed by atoms with Crippen LogP contribution in [0.1, 0.15) is 16.6 Å². The van der Waals surface area contributed by atoms with Crippen LogP contribution in [0.4, 0.5) is 5.69 Å². The Bertz CT molecular complexity index is 768. The Morgan fingerprint density at radius 3 is 2.91 bits per heavy atom. The van der Waals surface area contributed by atoms with Crippen molar-refractivity contribution in [3.05, 3.63) is 45.6 Å². The second-order valence-electron chi connectivity index (χ2n) is 4.84. The van der Waals surface area contributed by atoms with Crippen molar-refractivity contribution in [2.45, 2.75) is 11.8 Å². The molecule has 0 saturated carbocycles. The molecule has 0 bridgehead atoms. The number of nitrogens with zero attached hydrogens (tertiary/aromatic N) is 1. The van der Waals surface area contributed by atoms with Crippen LogP contribution in [-0.2, 0) is 0 Å². The molecule has 0 fully saturated rings. The Balaban J connectivity index is 1.70. The van der Waals surface area contributed by atoms with E-state index in [2.05, 4.69) is 11.8 Å². The third kappa shape index (κ3) is 2.19. The highest BCUT2D eigenvalue weighted by Gasteiger charge is 2.29. The van der Waals surface area contributed by atoms with E-state index in [1.54, 1.807) is 17.8 Å². The molecule has 0 atom stereocenters. The summed E-state index contributed by atoms with van der Waals surface area (Å²) in [4.78, 5) is 16.3. The van der Waals surface area contributed by atoms with Crippen molar-refractivity contribution in [3.8, 4) is 11.5 Å². The van der Waals surface area contributed by atoms with Gasteiger partial charge in [0.15, 0.2) is 17.3 Å². The number of thiophene rings is 1. The molecule has 4 nitrogen and oxygen atoms in total. The molecule has 0 aliphatic carbocycles. The number of thioether (sulfide) groups is 1. The van der Waals surface area contributed by atoms with Gasteiger partial charge in [0.25, 0.3) is 0 Å². The van der Waals surface area contributed by atoms with Crippen LogP contribution in [0.3, 0.4) is 0 Å². The number of anilines is 1. The summed E-state index contributed by atoms with van der Waals surface area (Å²) in [5.74, 6) is 1.58. The third-order valence-electron chi connectivity index (χ3n) is 3.56. The summed E-state index contributed by atoms with van der Waals surface area (Å²) in [5, 5.41) is 2.86. The lowest BCUT2D eigenvalue weighted by Crippen LogP contribution is -2.17. The molecule has 4 rings (SSSR count). The fourth-order valence-corrected chi connectivity index (χ4v) is 4.33. The highest BCUT2D eigenvalue weighted by molar-refractivity contribution is 8.03. The summed E-state index contributed by atoms with van der Waals surface area (Å²) in [6, 6.07) is 7.72. The van der Waals surface area contributed by atoms with Gasteiger partial charge >= 0.3 is 0 Å². The Hall–Kier alpha value is -1.92. The number of ether oxygens (including phenoxy) is 2. The van der Waals surface area contributed by atoms with Crippen molar-refractivity contribution in [1.82, 2.24) is 0 Å². The van der Waals surface area contributed by atoms with E-state index in [0.717, 1.165) is 38.5 Å². The molecule has 6 heteroatoms. The molecule has 1 aromatic heterocycles. The molecule has 0 amide bonds. The highest BCUT2D eigenvalue weighted by atomic mass is 32.2. The molecule has 0 radical (unpaired) electrons. The van der Waals surface area contributed by atoms with E-state index >= 15 is 0 Å². The minimum absolute atomic E-state index is 0.0452. The molecular weight excluding hydrogens is 318 g/mol. The number of fused-ring (bicyclic) bond motifs is 2. The molecule has 2 aromatic rings. The smallest absolute Gasteiger partial charge is 0.231 e. The first-order chi connectivity index (χ1) is 10.8. The first-order valence-corrected chi connectivity index (χ1v) is 8.64. The average molecular weight is 331 g/mol. The normalized spacial score (nSPS) is 17.1. The van der Waals surface area contributed by atoms with Gasteiger partial charge in [-0.05, 0) is 18.4 Å². The van der Waals surface area contributed by atoms with E-state index in [0.29, 0.717) is 0 Å². The topological polar surface area (TPSA) is 38.8 Å². The summed E-state index contributed by atoms with van der Waals surface area (Å²) >= 11 is 3.06. The van der Waals surface area contributed by atoms with E-state index in [4.69, 9.17) is 9.47 Å². The Labute approximate surface area is 136 Å². The zero-order chi connectivity index (χ0) is 15.1. The van der Waals surface area contributed by atoms with Gasteiger partial charge in [-0.25, -0.2) is 0 Å². The zero-order valence-corrected chi connectivity index (χ0v) is 13.5. The molecule has 1 aromatic carbocycles. The molecule has 0 unspecified atom stereocenters. The van der Waals surface area contributed by atoms with Crippen LogP contribution in [0.5, 0.6) is 11.5 Å². The zero-order valence-electron chi connectivity index (χ0n) is 11.9. The molecule has 2 aliphatic heterocycles. The van der Waals surface area contributed by atoms with E-state index in [1.165, 1.54) is 11.3 Å². The first kappa shape index (κ1) is 13.7. The number of carbonyl (C=O) groups excluding carboxylic acids is 1. The maximum Gasteiger partial charge on any atom is 0.231 e. The molecule has 0 N–H and O–H groups in total. The SMILES string of the molecule is CCN1/C(=C/C(=O)c2cccs2)Sc2cc3c(cc21)OCO3. The van der Waals surface area contributed by atoms with Gasteiger partial charge in [-0.2, -0.15) is 0 Å². The van der Waals surface area contributed by atoms with E-state index in [9.17, 15) is 4.79 Å². The number of ketones is 1. The van der Waals surface area contributed by atoms with E-state index in [1.807, 2.05) is 29.6 Å². The fraction of sp³-hybridized carbons (Fsp3) is 0.188. The van der Waals surface area contributed by atoms with Crippen LogP contribution in [0.2, 0.25) is 0 Å². The second-order valence-corrected chi connectivity index (χ2v) is 6.85. The summed E-state index contributed by atoms with van der Waals surface area (Å²) in [5.41, 5.74) is 1.07. The second kappa shape index (κ2) is 5.37. The average Bonchev–Trinajstić information content (AvgIpc) is 3.23. The van der Waals surface area contributed by atoms with Crippen LogP contribution < -0.4 is 14.4 Å². The van der Waals surface area contributed by atoms with Gasteiger partial charge in [-0.15, -0.1) is 11.3 Å². The lowest BCUT2D eigenvalue weighted by Gasteiger charge is -2.17. The van der Waals surface area contributed by atoms with Crippen molar-refractivity contribution in [3.63, 3.8) is 0 Å². The summed E-state index contributed by atoms with van der Waals surface area (Å²) < 4.78 is 10.9. The van der Waals surface area contributed by atoms with Crippen molar-refractivity contribution < 1.29 is 14.3 Å². The number of hydrogen-bond donors (Lipinski definition) is 0. The molecule has 0 spiro atoms. The molecule has 3 heterocycles. The lowest BCUT2D eigenvalue weighted by atomic mass is 10.2. The molecule has 112 valence electrons. The van der Waals surface area contributed by atoms with Gasteiger partial charge in [0, 0.05) is 29.6 Å². The van der Waals surface area contributed by atoms with Gasteiger partial charge in [-0.3, -0.25) is 4.79 Å². The number of hydrogen-bond acceptors (Lipinski definition) is 6. The standard InChI is InChI=1S/C16H13NO3S2/c1-2-17-10-6-12-13(20-9-19-12)8-15(10)22-16(17)7-11(18)14-4-3-5-21-14/h3-8H,2,9H2,1H3/b16-7-. The number of rotatable bonds is 3. The van der Waals surface area contributed by atoms with Gasteiger partial charge < -0.3 is 14.4 Å². The van der Waals surface area contributed by atoms with Gasteiger partial charge in [-0.1, -0.05) is 17.8 Å². The van der Waals surface area contributed by atoms with Gasteiger partial charge in [0.05, 0.1) is 15.6 Å². The maximum atomic E-state index is 12.3. The third-order valence-corrected chi connectivity index (χ3v) is 5.54. The predicted octanol–water partition coefficient (Wildman–Crippen LogP) is 4.13. The Morgan fingerprint density at radius 2 is 2.18 bits per heavy atom. The highest BCUT2D eigenvalue weighted by Crippen LogP contribution is 2.51. The Morgan fingerprint density at radius 1 is 1.36 bits per heavy atom. The molecule has 2 aliphatic rings. The monoisotopic (exact) mass is 331 g/mol. The quantitative estimate of drug-likeness (QED) is 0.624. The van der Waals surface area contributed by atoms with Crippen LogP contribution >= 0.6 is 23.1 Å². The predicted molar refractivity (Wildman–Crippen MR) is 88.2 cm³/mol. The van der Waals surface area contributed by atoms with Crippen LogP contribution in [0.15, 0.2) is 45.6 Å². The van der Waals surface area contributed by atoms with Crippen LogP contribution in [0, 0.1) is 0 Å². The molecule has 0 saturated heterocycles. The summed E-state index contributed by atoms with van der Waals surface area (Å²) in [7, 11) is 0. The minimum Gasteiger partial charge on any atom is -0.454 e. The van der Waals surface area contributed by atoms with Crippen LogP contribution in [0.25, 0.3) is 0 Å². The van der Waals surface area contributed by atoms with Crippen LogP contribution in [-0.4, -0.2) is 19.1 Å².